The van der Waals surface area contributed by atoms with Gasteiger partial charge in [0, 0.05) is 10.1 Å². The zero-order chi connectivity index (χ0) is 18.8. The average Bonchev–Trinajstić information content (AvgIpc) is 3.08. The van der Waals surface area contributed by atoms with Crippen LogP contribution in [-0.2, 0) is 4.79 Å². The number of alkyl halides is 3. The molecule has 0 spiro atoms. The summed E-state index contributed by atoms with van der Waals surface area (Å²) in [5.41, 5.74) is 7.31. The monoisotopic (exact) mass is 393 g/mol. The highest BCUT2D eigenvalue weighted by molar-refractivity contribution is 7.99. The lowest BCUT2D eigenvalue weighted by Gasteiger charge is -2.07. The first kappa shape index (κ1) is 19.8. The van der Waals surface area contributed by atoms with Crippen LogP contribution in [0.2, 0.25) is 0 Å². The molecule has 1 fully saturated rings. The van der Waals surface area contributed by atoms with E-state index in [1.807, 2.05) is 0 Å². The van der Waals surface area contributed by atoms with Crippen LogP contribution in [0.3, 0.4) is 0 Å². The summed E-state index contributed by atoms with van der Waals surface area (Å²) in [6, 6.07) is 0. The smallest absolute Gasteiger partial charge is 0.475 e. The third kappa shape index (κ3) is 4.97. The van der Waals surface area contributed by atoms with Gasteiger partial charge in [-0.25, -0.2) is 14.8 Å². The summed E-state index contributed by atoms with van der Waals surface area (Å²) in [7, 11) is 0. The zero-order valence-electron chi connectivity index (χ0n) is 13.7. The van der Waals surface area contributed by atoms with Crippen molar-refractivity contribution in [3.8, 4) is 0 Å². The van der Waals surface area contributed by atoms with Crippen molar-refractivity contribution < 1.29 is 23.1 Å². The third-order valence-electron chi connectivity index (χ3n) is 3.85. The minimum absolute atomic E-state index is 0.641. The Morgan fingerprint density at radius 1 is 1.28 bits per heavy atom. The normalized spacial score (nSPS) is 15.2. The summed E-state index contributed by atoms with van der Waals surface area (Å²) in [6.45, 7) is 4.21. The lowest BCUT2D eigenvalue weighted by atomic mass is 10.2. The minimum Gasteiger partial charge on any atom is -0.475 e. The fraction of sp³-hybridized carbons (Fsp3) is 0.533. The molecule has 5 nitrogen and oxygen atoms in total. The molecule has 0 aliphatic heterocycles. The Bertz CT molecular complexity index is 771. The van der Waals surface area contributed by atoms with Crippen molar-refractivity contribution in [2.75, 3.05) is 5.73 Å². The van der Waals surface area contributed by atoms with Crippen molar-refractivity contribution in [2.24, 2.45) is 0 Å². The van der Waals surface area contributed by atoms with Gasteiger partial charge >= 0.3 is 12.1 Å². The summed E-state index contributed by atoms with van der Waals surface area (Å²) in [5.74, 6) is -2.12. The van der Waals surface area contributed by atoms with Crippen LogP contribution >= 0.6 is 23.1 Å². The SMILES string of the molecule is Cc1sc2nc(SC3CCCC3)nc(N)c2c1C.O=C(O)C(F)(F)F. The molecule has 0 bridgehead atoms. The second kappa shape index (κ2) is 7.77. The van der Waals surface area contributed by atoms with E-state index in [4.69, 9.17) is 15.6 Å². The Balaban J connectivity index is 0.000000277. The number of nitrogens with zero attached hydrogens (tertiary/aromatic N) is 2. The highest BCUT2D eigenvalue weighted by Crippen LogP contribution is 2.37. The molecule has 3 N–H and O–H groups in total. The van der Waals surface area contributed by atoms with Gasteiger partial charge in [-0.2, -0.15) is 13.2 Å². The fourth-order valence-corrected chi connectivity index (χ4v) is 4.73. The number of halogens is 3. The van der Waals surface area contributed by atoms with Gasteiger partial charge in [0.2, 0.25) is 0 Å². The molecule has 1 aliphatic rings. The largest absolute Gasteiger partial charge is 0.490 e. The number of carboxylic acids is 1. The number of hydrogen-bond donors (Lipinski definition) is 2. The molecule has 0 amide bonds. The number of hydrogen-bond acceptors (Lipinski definition) is 6. The van der Waals surface area contributed by atoms with E-state index < -0.39 is 12.1 Å². The van der Waals surface area contributed by atoms with Gasteiger partial charge in [0.1, 0.15) is 10.6 Å². The molecule has 2 aromatic heterocycles. The molecule has 0 saturated heterocycles. The topological polar surface area (TPSA) is 89.1 Å². The van der Waals surface area contributed by atoms with Gasteiger partial charge < -0.3 is 10.8 Å². The van der Waals surface area contributed by atoms with Crippen molar-refractivity contribution in [1.29, 1.82) is 0 Å². The Morgan fingerprint density at radius 2 is 1.84 bits per heavy atom. The number of nitrogen functional groups attached to an aromatic ring is 1. The first-order valence-electron chi connectivity index (χ1n) is 7.59. The van der Waals surface area contributed by atoms with Crippen molar-refractivity contribution in [3.63, 3.8) is 0 Å². The van der Waals surface area contributed by atoms with E-state index in [1.54, 1.807) is 23.1 Å². The number of carbonyl (C=O) groups is 1. The zero-order valence-corrected chi connectivity index (χ0v) is 15.3. The maximum atomic E-state index is 10.6. The van der Waals surface area contributed by atoms with Crippen LogP contribution in [0, 0.1) is 13.8 Å². The van der Waals surface area contributed by atoms with Crippen LogP contribution < -0.4 is 5.73 Å². The van der Waals surface area contributed by atoms with Crippen molar-refractivity contribution in [2.45, 2.75) is 56.1 Å². The molecule has 1 saturated carbocycles. The van der Waals surface area contributed by atoms with Gasteiger partial charge in [-0.05, 0) is 32.3 Å². The molecule has 138 valence electrons. The molecule has 10 heteroatoms. The lowest BCUT2D eigenvalue weighted by molar-refractivity contribution is -0.192. The molecular weight excluding hydrogens is 375 g/mol. The number of thioether (sulfide) groups is 1. The Labute approximate surface area is 150 Å². The van der Waals surface area contributed by atoms with Gasteiger partial charge in [-0.1, -0.05) is 24.6 Å². The summed E-state index contributed by atoms with van der Waals surface area (Å²) < 4.78 is 31.7. The highest BCUT2D eigenvalue weighted by Gasteiger charge is 2.38. The van der Waals surface area contributed by atoms with E-state index in [-0.39, 0.29) is 0 Å². The van der Waals surface area contributed by atoms with Gasteiger partial charge in [-0.15, -0.1) is 11.3 Å². The van der Waals surface area contributed by atoms with Crippen molar-refractivity contribution in [3.05, 3.63) is 10.4 Å². The molecule has 2 heterocycles. The predicted molar refractivity (Wildman–Crippen MR) is 93.1 cm³/mol. The van der Waals surface area contributed by atoms with E-state index in [1.165, 1.54) is 36.1 Å². The summed E-state index contributed by atoms with van der Waals surface area (Å²) in [5, 5.41) is 9.71. The summed E-state index contributed by atoms with van der Waals surface area (Å²) in [6.07, 6.45) is 0.169. The number of aromatic nitrogens is 2. The fourth-order valence-electron chi connectivity index (χ4n) is 2.47. The predicted octanol–water partition coefficient (Wildman–Crippen LogP) is 4.56. The Kier molecular flexibility index (Phi) is 6.15. The van der Waals surface area contributed by atoms with E-state index in [0.717, 1.165) is 15.4 Å². The second-order valence-corrected chi connectivity index (χ2v) is 8.15. The molecule has 2 aromatic rings. The Hall–Kier alpha value is -1.55. The maximum Gasteiger partial charge on any atom is 0.490 e. The number of aryl methyl sites for hydroxylation is 2. The molecule has 0 aromatic carbocycles. The van der Waals surface area contributed by atoms with Crippen LogP contribution in [0.4, 0.5) is 19.0 Å². The van der Waals surface area contributed by atoms with Gasteiger partial charge in [0.05, 0.1) is 5.39 Å². The Morgan fingerprint density at radius 3 is 2.36 bits per heavy atom. The quantitative estimate of drug-likeness (QED) is 0.727. The van der Waals surface area contributed by atoms with Crippen LogP contribution in [0.1, 0.15) is 36.1 Å². The van der Waals surface area contributed by atoms with Gasteiger partial charge in [0.15, 0.2) is 5.16 Å². The molecule has 0 radical (unpaired) electrons. The second-order valence-electron chi connectivity index (χ2n) is 5.68. The number of carboxylic acid groups (broad SMARTS) is 1. The van der Waals surface area contributed by atoms with E-state index in [2.05, 4.69) is 23.8 Å². The van der Waals surface area contributed by atoms with Gasteiger partial charge in [-0.3, -0.25) is 0 Å². The van der Waals surface area contributed by atoms with Crippen molar-refractivity contribution in [1.82, 2.24) is 9.97 Å². The molecule has 1 aliphatic carbocycles. The molecular formula is C15H18F3N3O2S2. The van der Waals surface area contributed by atoms with Crippen molar-refractivity contribution >= 4 is 45.1 Å². The number of anilines is 1. The number of nitrogens with two attached hydrogens (primary N) is 1. The number of thiophene rings is 1. The lowest BCUT2D eigenvalue weighted by Crippen LogP contribution is -2.21. The highest BCUT2D eigenvalue weighted by atomic mass is 32.2. The van der Waals surface area contributed by atoms with Crippen LogP contribution in [0.15, 0.2) is 5.16 Å². The average molecular weight is 393 g/mol. The standard InChI is InChI=1S/C13H17N3S2.C2HF3O2/c1-7-8(2)17-12-10(7)11(14)15-13(16-12)18-9-5-3-4-6-9;3-2(4,5)1(6)7/h9H,3-6H2,1-2H3,(H2,14,15,16);(H,6,7). The first-order chi connectivity index (χ1) is 11.6. The molecule has 3 rings (SSSR count). The number of rotatable bonds is 2. The molecule has 0 unspecified atom stereocenters. The number of aliphatic carboxylic acids is 1. The van der Waals surface area contributed by atoms with Gasteiger partial charge in [0.25, 0.3) is 0 Å². The maximum absolute atomic E-state index is 10.6. The summed E-state index contributed by atoms with van der Waals surface area (Å²) >= 11 is 3.52. The third-order valence-corrected chi connectivity index (χ3v) is 6.15. The minimum atomic E-state index is -5.08. The van der Waals surface area contributed by atoms with Crippen LogP contribution in [0.5, 0.6) is 0 Å². The molecule has 0 atom stereocenters. The van der Waals surface area contributed by atoms with Crippen LogP contribution in [-0.4, -0.2) is 32.5 Å². The van der Waals surface area contributed by atoms with E-state index >= 15 is 0 Å². The summed E-state index contributed by atoms with van der Waals surface area (Å²) in [4.78, 5) is 20.4. The molecule has 25 heavy (non-hydrogen) atoms. The first-order valence-corrected chi connectivity index (χ1v) is 9.29. The number of fused-ring (bicyclic) bond motifs is 1. The van der Waals surface area contributed by atoms with Crippen LogP contribution in [0.25, 0.3) is 10.2 Å². The van der Waals surface area contributed by atoms with E-state index in [9.17, 15) is 13.2 Å². The van der Waals surface area contributed by atoms with E-state index in [0.29, 0.717) is 11.1 Å².